The molecule has 30 heavy (non-hydrogen) atoms. The molecule has 0 fully saturated rings. The standard InChI is InChI=1S/C19H11F7N2O2/c20-12-3-8(27)5-15(17(12)22)29-10-1-2-11(19(24,25)26)14(7-10)30-16-6-9(28)4-13(21)18(16)23/h1-7H,27-28H2. The van der Waals surface area contributed by atoms with Gasteiger partial charge in [0.15, 0.2) is 23.1 Å². The summed E-state index contributed by atoms with van der Waals surface area (Å²) in [7, 11) is 0. The summed E-state index contributed by atoms with van der Waals surface area (Å²) in [6.07, 6.45) is -4.95. The Balaban J connectivity index is 2.06. The summed E-state index contributed by atoms with van der Waals surface area (Å²) in [6.45, 7) is 0. The van der Waals surface area contributed by atoms with Gasteiger partial charge in [0.1, 0.15) is 11.5 Å². The van der Waals surface area contributed by atoms with Crippen LogP contribution in [-0.4, -0.2) is 0 Å². The van der Waals surface area contributed by atoms with E-state index in [2.05, 4.69) is 0 Å². The first-order chi connectivity index (χ1) is 14.0. The molecular formula is C19H11F7N2O2. The molecule has 4 N–H and O–H groups in total. The second-order valence-electron chi connectivity index (χ2n) is 5.99. The molecule has 3 aromatic carbocycles. The lowest BCUT2D eigenvalue weighted by Gasteiger charge is -2.16. The van der Waals surface area contributed by atoms with Crippen molar-refractivity contribution in [3.05, 3.63) is 71.3 Å². The highest BCUT2D eigenvalue weighted by molar-refractivity contribution is 5.51. The van der Waals surface area contributed by atoms with Gasteiger partial charge in [-0.3, -0.25) is 0 Å². The number of anilines is 2. The van der Waals surface area contributed by atoms with Crippen LogP contribution in [-0.2, 0) is 6.18 Å². The second-order valence-corrected chi connectivity index (χ2v) is 5.99. The average molecular weight is 432 g/mol. The zero-order chi connectivity index (χ0) is 22.2. The van der Waals surface area contributed by atoms with Crippen LogP contribution >= 0.6 is 0 Å². The highest BCUT2D eigenvalue weighted by Crippen LogP contribution is 2.42. The molecule has 11 heteroatoms. The van der Waals surface area contributed by atoms with E-state index in [0.717, 1.165) is 18.2 Å². The number of ether oxygens (including phenoxy) is 2. The van der Waals surface area contributed by atoms with Gasteiger partial charge < -0.3 is 20.9 Å². The Bertz CT molecular complexity index is 1120. The van der Waals surface area contributed by atoms with Gasteiger partial charge in [-0.05, 0) is 12.1 Å². The van der Waals surface area contributed by atoms with E-state index in [0.29, 0.717) is 24.3 Å². The summed E-state index contributed by atoms with van der Waals surface area (Å²) in [5.74, 6) is -8.84. The normalized spacial score (nSPS) is 11.4. The van der Waals surface area contributed by atoms with Crippen LogP contribution in [0.2, 0.25) is 0 Å². The molecule has 0 bridgehead atoms. The molecule has 3 aromatic rings. The molecule has 0 aliphatic heterocycles. The summed E-state index contributed by atoms with van der Waals surface area (Å²) in [4.78, 5) is 0. The first-order valence-electron chi connectivity index (χ1n) is 8.01. The van der Waals surface area contributed by atoms with Gasteiger partial charge in [0.05, 0.1) is 5.56 Å². The van der Waals surface area contributed by atoms with Gasteiger partial charge >= 0.3 is 6.18 Å². The number of benzene rings is 3. The van der Waals surface area contributed by atoms with Crippen molar-refractivity contribution in [1.29, 1.82) is 0 Å². The van der Waals surface area contributed by atoms with Crippen molar-refractivity contribution in [2.45, 2.75) is 6.18 Å². The fourth-order valence-electron chi connectivity index (χ4n) is 2.45. The Labute approximate surface area is 164 Å². The smallest absolute Gasteiger partial charge is 0.419 e. The predicted octanol–water partition coefficient (Wildman–Crippen LogP) is 6.01. The van der Waals surface area contributed by atoms with Crippen LogP contribution in [0.1, 0.15) is 5.56 Å². The van der Waals surface area contributed by atoms with E-state index >= 15 is 0 Å². The largest absolute Gasteiger partial charge is 0.454 e. The maximum Gasteiger partial charge on any atom is 0.419 e. The van der Waals surface area contributed by atoms with E-state index in [9.17, 15) is 30.7 Å². The molecule has 4 nitrogen and oxygen atoms in total. The van der Waals surface area contributed by atoms with E-state index < -0.39 is 58.0 Å². The first-order valence-corrected chi connectivity index (χ1v) is 8.01. The minimum Gasteiger partial charge on any atom is -0.454 e. The Morgan fingerprint density at radius 3 is 1.63 bits per heavy atom. The van der Waals surface area contributed by atoms with E-state index in [4.69, 9.17) is 20.9 Å². The summed E-state index contributed by atoms with van der Waals surface area (Å²) in [6, 6.07) is 4.93. The lowest BCUT2D eigenvalue weighted by atomic mass is 10.1. The van der Waals surface area contributed by atoms with Gasteiger partial charge in [0.25, 0.3) is 0 Å². The number of rotatable bonds is 4. The topological polar surface area (TPSA) is 70.5 Å². The van der Waals surface area contributed by atoms with Gasteiger partial charge in [-0.25, -0.2) is 8.78 Å². The van der Waals surface area contributed by atoms with Gasteiger partial charge in [0.2, 0.25) is 11.6 Å². The lowest BCUT2D eigenvalue weighted by Crippen LogP contribution is -2.08. The van der Waals surface area contributed by atoms with Gasteiger partial charge in [-0.15, -0.1) is 0 Å². The molecule has 0 unspecified atom stereocenters. The number of halogens is 7. The third kappa shape index (κ3) is 4.34. The van der Waals surface area contributed by atoms with Crippen LogP contribution in [0.5, 0.6) is 23.0 Å². The molecule has 0 heterocycles. The Kier molecular flexibility index (Phi) is 5.38. The Morgan fingerprint density at radius 1 is 0.633 bits per heavy atom. The SMILES string of the molecule is Nc1cc(F)c(F)c(Oc2ccc(C(F)(F)F)c(Oc3cc(N)cc(F)c3F)c2)c1. The molecule has 0 spiro atoms. The van der Waals surface area contributed by atoms with E-state index in [1.807, 2.05) is 0 Å². The van der Waals surface area contributed by atoms with Crippen LogP contribution in [0, 0.1) is 23.3 Å². The average Bonchev–Trinajstić information content (AvgIpc) is 2.62. The molecule has 0 saturated carbocycles. The van der Waals surface area contributed by atoms with Crippen LogP contribution in [0.25, 0.3) is 0 Å². The van der Waals surface area contributed by atoms with Crippen LogP contribution in [0.4, 0.5) is 42.1 Å². The van der Waals surface area contributed by atoms with Crippen molar-refractivity contribution in [3.8, 4) is 23.0 Å². The minimum absolute atomic E-state index is 0.204. The molecule has 0 aromatic heterocycles. The zero-order valence-electron chi connectivity index (χ0n) is 14.7. The number of hydrogen-bond acceptors (Lipinski definition) is 4. The summed E-state index contributed by atoms with van der Waals surface area (Å²) in [5, 5.41) is 0. The Hall–Kier alpha value is -3.63. The maximum absolute atomic E-state index is 13.9. The lowest BCUT2D eigenvalue weighted by molar-refractivity contribution is -0.138. The number of hydrogen-bond donors (Lipinski definition) is 2. The molecular weight excluding hydrogens is 421 g/mol. The van der Waals surface area contributed by atoms with E-state index in [-0.39, 0.29) is 11.4 Å². The summed E-state index contributed by atoms with van der Waals surface area (Å²) >= 11 is 0. The highest BCUT2D eigenvalue weighted by Gasteiger charge is 2.35. The number of nitrogens with two attached hydrogens (primary N) is 2. The zero-order valence-corrected chi connectivity index (χ0v) is 14.7. The first kappa shape index (κ1) is 21.1. The van der Waals surface area contributed by atoms with Crippen molar-refractivity contribution in [3.63, 3.8) is 0 Å². The molecule has 0 radical (unpaired) electrons. The Morgan fingerprint density at radius 2 is 1.13 bits per heavy atom. The fourth-order valence-corrected chi connectivity index (χ4v) is 2.45. The van der Waals surface area contributed by atoms with Crippen molar-refractivity contribution in [2.75, 3.05) is 11.5 Å². The molecule has 0 saturated heterocycles. The second kappa shape index (κ2) is 7.65. The highest BCUT2D eigenvalue weighted by atomic mass is 19.4. The fraction of sp³-hybridized carbons (Fsp3) is 0.0526. The van der Waals surface area contributed by atoms with Crippen LogP contribution in [0.3, 0.4) is 0 Å². The third-order valence-electron chi connectivity index (χ3n) is 3.74. The molecule has 0 aliphatic rings. The van der Waals surface area contributed by atoms with Crippen molar-refractivity contribution < 1.29 is 40.2 Å². The molecule has 0 amide bonds. The van der Waals surface area contributed by atoms with E-state index in [1.165, 1.54) is 0 Å². The van der Waals surface area contributed by atoms with Crippen LogP contribution < -0.4 is 20.9 Å². The third-order valence-corrected chi connectivity index (χ3v) is 3.74. The summed E-state index contributed by atoms with van der Waals surface area (Å²) < 4.78 is 105. The molecule has 0 aliphatic carbocycles. The number of alkyl halides is 3. The molecule has 158 valence electrons. The van der Waals surface area contributed by atoms with Crippen LogP contribution in [0.15, 0.2) is 42.5 Å². The van der Waals surface area contributed by atoms with Crippen molar-refractivity contribution in [1.82, 2.24) is 0 Å². The van der Waals surface area contributed by atoms with Crippen molar-refractivity contribution in [2.24, 2.45) is 0 Å². The van der Waals surface area contributed by atoms with Gasteiger partial charge in [-0.1, -0.05) is 0 Å². The van der Waals surface area contributed by atoms with Crippen molar-refractivity contribution >= 4 is 11.4 Å². The monoisotopic (exact) mass is 432 g/mol. The predicted molar refractivity (Wildman–Crippen MR) is 93.1 cm³/mol. The van der Waals surface area contributed by atoms with Gasteiger partial charge in [0, 0.05) is 41.7 Å². The summed E-state index contributed by atoms with van der Waals surface area (Å²) in [5.41, 5.74) is 8.88. The molecule has 3 rings (SSSR count). The minimum atomic E-state index is -4.95. The number of nitrogen functional groups attached to an aromatic ring is 2. The molecule has 0 atom stereocenters. The van der Waals surface area contributed by atoms with Gasteiger partial charge in [-0.2, -0.15) is 22.0 Å². The maximum atomic E-state index is 13.9. The van der Waals surface area contributed by atoms with E-state index in [1.54, 1.807) is 0 Å². The quantitative estimate of drug-likeness (QED) is 0.391.